The Balaban J connectivity index is 1.91. The molecule has 0 spiro atoms. The number of guanidine groups is 1. The van der Waals surface area contributed by atoms with Crippen LogP contribution < -0.4 is 15.4 Å². The van der Waals surface area contributed by atoms with Gasteiger partial charge in [0, 0.05) is 12.2 Å². The highest BCUT2D eigenvalue weighted by atomic mass is 16.5. The number of rotatable bonds is 4. The fourth-order valence-electron chi connectivity index (χ4n) is 1.47. The van der Waals surface area contributed by atoms with Crippen LogP contribution in [-0.2, 0) is 0 Å². The summed E-state index contributed by atoms with van der Waals surface area (Å²) in [7, 11) is 0. The van der Waals surface area contributed by atoms with Crippen molar-refractivity contribution < 1.29 is 4.74 Å². The van der Waals surface area contributed by atoms with Crippen molar-refractivity contribution in [1.29, 1.82) is 0 Å². The summed E-state index contributed by atoms with van der Waals surface area (Å²) in [5.41, 5.74) is 1.02. The lowest BCUT2D eigenvalue weighted by atomic mass is 10.3. The van der Waals surface area contributed by atoms with E-state index in [9.17, 15) is 0 Å². The molecule has 0 amide bonds. The Kier molecular flexibility index (Phi) is 3.64. The van der Waals surface area contributed by atoms with E-state index in [1.807, 2.05) is 24.3 Å². The first kappa shape index (κ1) is 10.8. The maximum absolute atomic E-state index is 5.51. The maximum atomic E-state index is 5.51. The molecule has 1 aromatic carbocycles. The van der Waals surface area contributed by atoms with Gasteiger partial charge in [-0.3, -0.25) is 4.99 Å². The average Bonchev–Trinajstić information content (AvgIpc) is 2.81. The number of hydrogen-bond acceptors (Lipinski definition) is 4. The molecular weight excluding hydrogens is 202 g/mol. The second kappa shape index (κ2) is 5.39. The van der Waals surface area contributed by atoms with E-state index in [2.05, 4.69) is 22.5 Å². The number of anilines is 1. The number of aliphatic imine (C=N–C) groups is 1. The molecule has 0 bridgehead atoms. The summed E-state index contributed by atoms with van der Waals surface area (Å²) >= 11 is 0. The zero-order valence-corrected chi connectivity index (χ0v) is 9.49. The summed E-state index contributed by atoms with van der Waals surface area (Å²) in [4.78, 5) is 4.27. The third-order valence-corrected chi connectivity index (χ3v) is 2.26. The van der Waals surface area contributed by atoms with Crippen molar-refractivity contribution in [3.05, 3.63) is 24.3 Å². The molecule has 1 aromatic rings. The minimum atomic E-state index is 0.765. The predicted octanol–water partition coefficient (Wildman–Crippen LogP) is 1.85. The van der Waals surface area contributed by atoms with E-state index in [1.54, 1.807) is 0 Å². The summed E-state index contributed by atoms with van der Waals surface area (Å²) < 4.78 is 5.51. The van der Waals surface area contributed by atoms with Gasteiger partial charge in [-0.15, -0.1) is 0 Å². The highest BCUT2D eigenvalue weighted by Gasteiger charge is 2.04. The van der Waals surface area contributed by atoms with Crippen LogP contribution in [0.3, 0.4) is 0 Å². The Labute approximate surface area is 95.7 Å². The fraction of sp³-hybridized carbons (Fsp3) is 0.417. The number of ether oxygens (including phenoxy) is 1. The number of nitrogens with one attached hydrogen (secondary N) is 2. The van der Waals surface area contributed by atoms with Crippen molar-refractivity contribution in [2.45, 2.75) is 13.3 Å². The molecule has 0 aliphatic carbocycles. The lowest BCUT2D eigenvalue weighted by Crippen LogP contribution is -2.26. The monoisotopic (exact) mass is 219 g/mol. The van der Waals surface area contributed by atoms with E-state index in [1.165, 1.54) is 0 Å². The lowest BCUT2D eigenvalue weighted by molar-refractivity contribution is 0.317. The quantitative estimate of drug-likeness (QED) is 0.812. The molecule has 1 aliphatic rings. The molecule has 0 saturated heterocycles. The van der Waals surface area contributed by atoms with Gasteiger partial charge in [0.2, 0.25) is 0 Å². The van der Waals surface area contributed by atoms with Gasteiger partial charge >= 0.3 is 0 Å². The third-order valence-electron chi connectivity index (χ3n) is 2.26. The molecule has 1 aliphatic heterocycles. The molecule has 2 rings (SSSR count). The van der Waals surface area contributed by atoms with E-state index in [0.29, 0.717) is 0 Å². The molecule has 0 saturated carbocycles. The summed E-state index contributed by atoms with van der Waals surface area (Å²) in [5, 5.41) is 6.37. The fourth-order valence-corrected chi connectivity index (χ4v) is 1.47. The van der Waals surface area contributed by atoms with Gasteiger partial charge in [0.15, 0.2) is 5.96 Å². The normalized spacial score (nSPS) is 14.2. The van der Waals surface area contributed by atoms with Gasteiger partial charge in [0.05, 0.1) is 13.2 Å². The van der Waals surface area contributed by atoms with Crippen LogP contribution in [0.25, 0.3) is 0 Å². The highest BCUT2D eigenvalue weighted by molar-refractivity contribution is 5.94. The molecule has 2 N–H and O–H groups in total. The van der Waals surface area contributed by atoms with Gasteiger partial charge in [-0.05, 0) is 30.7 Å². The highest BCUT2D eigenvalue weighted by Crippen LogP contribution is 2.15. The number of benzene rings is 1. The largest absolute Gasteiger partial charge is 0.494 e. The topological polar surface area (TPSA) is 45.6 Å². The van der Waals surface area contributed by atoms with E-state index < -0.39 is 0 Å². The van der Waals surface area contributed by atoms with E-state index in [0.717, 1.165) is 43.5 Å². The summed E-state index contributed by atoms with van der Waals surface area (Å²) in [6.45, 7) is 4.63. The molecular formula is C12H17N3O. The van der Waals surface area contributed by atoms with Crippen molar-refractivity contribution in [1.82, 2.24) is 5.32 Å². The Morgan fingerprint density at radius 1 is 1.38 bits per heavy atom. The van der Waals surface area contributed by atoms with Crippen LogP contribution in [-0.4, -0.2) is 25.7 Å². The van der Waals surface area contributed by atoms with Crippen molar-refractivity contribution in [2.75, 3.05) is 25.0 Å². The Bertz CT molecular complexity index is 359. The summed E-state index contributed by atoms with van der Waals surface area (Å²) in [6, 6.07) is 7.92. The zero-order chi connectivity index (χ0) is 11.2. The predicted molar refractivity (Wildman–Crippen MR) is 66.2 cm³/mol. The first-order valence-corrected chi connectivity index (χ1v) is 5.66. The molecule has 86 valence electrons. The summed E-state index contributed by atoms with van der Waals surface area (Å²) in [6.07, 6.45) is 1.03. The second-order valence-electron chi connectivity index (χ2n) is 3.65. The van der Waals surface area contributed by atoms with Crippen molar-refractivity contribution >= 4 is 11.6 Å². The molecule has 4 nitrogen and oxygen atoms in total. The van der Waals surface area contributed by atoms with Crippen molar-refractivity contribution in [3.8, 4) is 5.75 Å². The molecule has 1 heterocycles. The van der Waals surface area contributed by atoms with E-state index >= 15 is 0 Å². The van der Waals surface area contributed by atoms with Crippen LogP contribution in [0.4, 0.5) is 5.69 Å². The van der Waals surface area contributed by atoms with Gasteiger partial charge in [0.25, 0.3) is 0 Å². The first-order valence-electron chi connectivity index (χ1n) is 5.66. The van der Waals surface area contributed by atoms with Crippen LogP contribution in [0, 0.1) is 0 Å². The lowest BCUT2D eigenvalue weighted by Gasteiger charge is -2.08. The van der Waals surface area contributed by atoms with Crippen molar-refractivity contribution in [3.63, 3.8) is 0 Å². The average molecular weight is 219 g/mol. The molecule has 0 radical (unpaired) electrons. The molecule has 0 aromatic heterocycles. The Morgan fingerprint density at radius 3 is 2.81 bits per heavy atom. The first-order chi connectivity index (χ1) is 7.88. The third kappa shape index (κ3) is 2.89. The van der Waals surface area contributed by atoms with Crippen LogP contribution in [0.15, 0.2) is 29.3 Å². The molecule has 4 heteroatoms. The standard InChI is InChI=1S/C12H17N3O/c1-2-9-16-11-5-3-10(4-6-11)15-12-13-7-8-14-12/h3-6H,2,7-9H2,1H3,(H2,13,14,15). The van der Waals surface area contributed by atoms with Gasteiger partial charge in [0.1, 0.15) is 5.75 Å². The Hall–Kier alpha value is -1.71. The smallest absolute Gasteiger partial charge is 0.195 e. The minimum Gasteiger partial charge on any atom is -0.494 e. The summed E-state index contributed by atoms with van der Waals surface area (Å²) in [5.74, 6) is 1.76. The second-order valence-corrected chi connectivity index (χ2v) is 3.65. The molecule has 0 unspecified atom stereocenters. The SMILES string of the molecule is CCCOc1ccc(NC2=NCCN2)cc1. The Morgan fingerprint density at radius 2 is 2.19 bits per heavy atom. The van der Waals surface area contributed by atoms with Crippen molar-refractivity contribution in [2.24, 2.45) is 4.99 Å². The number of hydrogen-bond donors (Lipinski definition) is 2. The van der Waals surface area contributed by atoms with Gasteiger partial charge in [-0.2, -0.15) is 0 Å². The van der Waals surface area contributed by atoms with Gasteiger partial charge in [-0.25, -0.2) is 0 Å². The zero-order valence-electron chi connectivity index (χ0n) is 9.49. The van der Waals surface area contributed by atoms with Crippen LogP contribution in [0.5, 0.6) is 5.75 Å². The van der Waals surface area contributed by atoms with Gasteiger partial charge in [-0.1, -0.05) is 6.92 Å². The van der Waals surface area contributed by atoms with Crippen LogP contribution in [0.1, 0.15) is 13.3 Å². The van der Waals surface area contributed by atoms with E-state index in [4.69, 9.17) is 4.74 Å². The maximum Gasteiger partial charge on any atom is 0.195 e. The molecule has 16 heavy (non-hydrogen) atoms. The van der Waals surface area contributed by atoms with Crippen LogP contribution >= 0.6 is 0 Å². The van der Waals surface area contributed by atoms with E-state index in [-0.39, 0.29) is 0 Å². The van der Waals surface area contributed by atoms with Gasteiger partial charge < -0.3 is 15.4 Å². The van der Waals surface area contributed by atoms with Crippen LogP contribution in [0.2, 0.25) is 0 Å². The molecule has 0 atom stereocenters. The molecule has 0 fully saturated rings. The minimum absolute atomic E-state index is 0.765. The number of nitrogens with zero attached hydrogens (tertiary/aromatic N) is 1.